The standard InChI is InChI=1S/C18H20O3/c1-4-14-5-9-17(10-6-14)21-18(19)15-7-11-16(12-8-15)20-13(2)3/h5-13H,4H2,1-3H3. The summed E-state index contributed by atoms with van der Waals surface area (Å²) in [6, 6.07) is 14.5. The van der Waals surface area contributed by atoms with Gasteiger partial charge in [0.2, 0.25) is 0 Å². The highest BCUT2D eigenvalue weighted by molar-refractivity contribution is 5.91. The van der Waals surface area contributed by atoms with E-state index in [4.69, 9.17) is 9.47 Å². The highest BCUT2D eigenvalue weighted by atomic mass is 16.5. The van der Waals surface area contributed by atoms with Gasteiger partial charge in [-0.1, -0.05) is 19.1 Å². The number of aryl methyl sites for hydroxylation is 1. The average molecular weight is 284 g/mol. The van der Waals surface area contributed by atoms with Crippen LogP contribution >= 0.6 is 0 Å². The summed E-state index contributed by atoms with van der Waals surface area (Å²) in [6.07, 6.45) is 1.07. The number of carbonyl (C=O) groups excluding carboxylic acids is 1. The molecule has 0 atom stereocenters. The number of rotatable bonds is 5. The fourth-order valence-corrected chi connectivity index (χ4v) is 1.90. The molecule has 0 bridgehead atoms. The third kappa shape index (κ3) is 4.35. The molecule has 2 aromatic rings. The molecule has 0 heterocycles. The Morgan fingerprint density at radius 1 is 0.952 bits per heavy atom. The van der Waals surface area contributed by atoms with Gasteiger partial charge in [0, 0.05) is 0 Å². The lowest BCUT2D eigenvalue weighted by Crippen LogP contribution is -2.09. The Morgan fingerprint density at radius 2 is 1.52 bits per heavy atom. The Bertz CT molecular complexity index is 583. The second-order valence-electron chi connectivity index (χ2n) is 5.08. The maximum Gasteiger partial charge on any atom is 0.343 e. The zero-order valence-corrected chi connectivity index (χ0v) is 12.6. The molecule has 0 amide bonds. The van der Waals surface area contributed by atoms with Crippen LogP contribution in [0.5, 0.6) is 11.5 Å². The molecule has 0 aliphatic heterocycles. The summed E-state index contributed by atoms with van der Waals surface area (Å²) in [6.45, 7) is 6.01. The van der Waals surface area contributed by atoms with Crippen LogP contribution in [0.15, 0.2) is 48.5 Å². The number of esters is 1. The van der Waals surface area contributed by atoms with Crippen molar-refractivity contribution in [1.82, 2.24) is 0 Å². The second-order valence-corrected chi connectivity index (χ2v) is 5.08. The first-order chi connectivity index (χ1) is 10.1. The van der Waals surface area contributed by atoms with E-state index < -0.39 is 0 Å². The van der Waals surface area contributed by atoms with Gasteiger partial charge in [-0.05, 0) is 62.2 Å². The molecule has 0 saturated carbocycles. The number of ether oxygens (including phenoxy) is 2. The van der Waals surface area contributed by atoms with Crippen LogP contribution in [0.2, 0.25) is 0 Å². The van der Waals surface area contributed by atoms with Crippen molar-refractivity contribution in [3.8, 4) is 11.5 Å². The largest absolute Gasteiger partial charge is 0.491 e. The first-order valence-electron chi connectivity index (χ1n) is 7.16. The van der Waals surface area contributed by atoms with Crippen LogP contribution in [0.1, 0.15) is 36.7 Å². The molecule has 0 aliphatic carbocycles. The van der Waals surface area contributed by atoms with Crippen molar-refractivity contribution in [2.24, 2.45) is 0 Å². The molecule has 0 spiro atoms. The van der Waals surface area contributed by atoms with Crippen LogP contribution in [0, 0.1) is 0 Å². The van der Waals surface area contributed by atoms with Crippen molar-refractivity contribution in [1.29, 1.82) is 0 Å². The Kier molecular flexibility index (Phi) is 4.99. The molecule has 0 N–H and O–H groups in total. The zero-order chi connectivity index (χ0) is 15.2. The van der Waals surface area contributed by atoms with Crippen molar-refractivity contribution in [3.63, 3.8) is 0 Å². The van der Waals surface area contributed by atoms with E-state index in [-0.39, 0.29) is 12.1 Å². The summed E-state index contributed by atoms with van der Waals surface area (Å²) >= 11 is 0. The second kappa shape index (κ2) is 6.93. The smallest absolute Gasteiger partial charge is 0.343 e. The fourth-order valence-electron chi connectivity index (χ4n) is 1.90. The van der Waals surface area contributed by atoms with Gasteiger partial charge >= 0.3 is 5.97 Å². The summed E-state index contributed by atoms with van der Waals surface area (Å²) in [5.74, 6) is 0.934. The molecule has 0 aromatic heterocycles. The van der Waals surface area contributed by atoms with Gasteiger partial charge < -0.3 is 9.47 Å². The number of benzene rings is 2. The molecule has 3 nitrogen and oxygen atoms in total. The Labute approximate surface area is 125 Å². The molecule has 0 saturated heterocycles. The normalized spacial score (nSPS) is 10.5. The summed E-state index contributed by atoms with van der Waals surface area (Å²) in [4.78, 5) is 12.0. The van der Waals surface area contributed by atoms with Gasteiger partial charge in [-0.25, -0.2) is 4.79 Å². The van der Waals surface area contributed by atoms with Gasteiger partial charge in [0.1, 0.15) is 11.5 Å². The maximum absolute atomic E-state index is 12.0. The zero-order valence-electron chi connectivity index (χ0n) is 12.6. The topological polar surface area (TPSA) is 35.5 Å². The highest BCUT2D eigenvalue weighted by Gasteiger charge is 2.09. The van der Waals surface area contributed by atoms with Gasteiger partial charge in [-0.2, -0.15) is 0 Å². The van der Waals surface area contributed by atoms with Crippen LogP contribution in [-0.4, -0.2) is 12.1 Å². The molecular formula is C18H20O3. The van der Waals surface area contributed by atoms with Crippen LogP contribution in [0.4, 0.5) is 0 Å². The molecule has 0 unspecified atom stereocenters. The fraction of sp³-hybridized carbons (Fsp3) is 0.278. The van der Waals surface area contributed by atoms with Gasteiger partial charge in [-0.3, -0.25) is 0 Å². The first-order valence-corrected chi connectivity index (χ1v) is 7.16. The van der Waals surface area contributed by atoms with Crippen molar-refractivity contribution >= 4 is 5.97 Å². The van der Waals surface area contributed by atoms with Crippen LogP contribution < -0.4 is 9.47 Å². The van der Waals surface area contributed by atoms with E-state index in [0.29, 0.717) is 11.3 Å². The van der Waals surface area contributed by atoms with Crippen molar-refractivity contribution < 1.29 is 14.3 Å². The van der Waals surface area contributed by atoms with Gasteiger partial charge in [0.05, 0.1) is 11.7 Å². The van der Waals surface area contributed by atoms with Crippen molar-refractivity contribution in [2.75, 3.05) is 0 Å². The molecule has 0 aliphatic rings. The Balaban J connectivity index is 2.02. The van der Waals surface area contributed by atoms with Crippen molar-refractivity contribution in [3.05, 3.63) is 59.7 Å². The number of hydrogen-bond acceptors (Lipinski definition) is 3. The summed E-state index contributed by atoms with van der Waals surface area (Å²) in [7, 11) is 0. The van der Waals surface area contributed by atoms with Crippen LogP contribution in [0.25, 0.3) is 0 Å². The minimum Gasteiger partial charge on any atom is -0.491 e. The van der Waals surface area contributed by atoms with E-state index in [1.165, 1.54) is 5.56 Å². The average Bonchev–Trinajstić information content (AvgIpc) is 2.48. The van der Waals surface area contributed by atoms with E-state index >= 15 is 0 Å². The molecule has 2 aromatic carbocycles. The SMILES string of the molecule is CCc1ccc(OC(=O)c2ccc(OC(C)C)cc2)cc1. The van der Waals surface area contributed by atoms with Gasteiger partial charge in [-0.15, -0.1) is 0 Å². The molecule has 0 radical (unpaired) electrons. The summed E-state index contributed by atoms with van der Waals surface area (Å²) in [5, 5.41) is 0. The van der Waals surface area contributed by atoms with Gasteiger partial charge in [0.25, 0.3) is 0 Å². The van der Waals surface area contributed by atoms with Crippen LogP contribution in [-0.2, 0) is 6.42 Å². The predicted molar refractivity (Wildman–Crippen MR) is 83.0 cm³/mol. The molecular weight excluding hydrogens is 264 g/mol. The number of hydrogen-bond donors (Lipinski definition) is 0. The van der Waals surface area contributed by atoms with E-state index in [0.717, 1.165) is 12.2 Å². The monoisotopic (exact) mass is 284 g/mol. The Hall–Kier alpha value is -2.29. The van der Waals surface area contributed by atoms with E-state index in [9.17, 15) is 4.79 Å². The third-order valence-corrected chi connectivity index (χ3v) is 3.00. The minimum absolute atomic E-state index is 0.111. The predicted octanol–water partition coefficient (Wildman–Crippen LogP) is 4.26. The molecule has 0 fully saturated rings. The summed E-state index contributed by atoms with van der Waals surface area (Å²) < 4.78 is 10.9. The maximum atomic E-state index is 12.0. The molecule has 21 heavy (non-hydrogen) atoms. The molecule has 3 heteroatoms. The lowest BCUT2D eigenvalue weighted by molar-refractivity contribution is 0.0734. The highest BCUT2D eigenvalue weighted by Crippen LogP contribution is 2.17. The summed E-state index contributed by atoms with van der Waals surface area (Å²) in [5.41, 5.74) is 1.72. The minimum atomic E-state index is -0.365. The lowest BCUT2D eigenvalue weighted by Gasteiger charge is -2.10. The third-order valence-electron chi connectivity index (χ3n) is 3.00. The lowest BCUT2D eigenvalue weighted by atomic mass is 10.2. The first kappa shape index (κ1) is 15.1. The van der Waals surface area contributed by atoms with Crippen molar-refractivity contribution in [2.45, 2.75) is 33.3 Å². The van der Waals surface area contributed by atoms with E-state index in [1.54, 1.807) is 24.3 Å². The molecule has 2 rings (SSSR count). The van der Waals surface area contributed by atoms with E-state index in [1.807, 2.05) is 38.1 Å². The van der Waals surface area contributed by atoms with Gasteiger partial charge in [0.15, 0.2) is 0 Å². The van der Waals surface area contributed by atoms with E-state index in [2.05, 4.69) is 6.92 Å². The quantitative estimate of drug-likeness (QED) is 0.608. The number of carbonyl (C=O) groups is 1. The Morgan fingerprint density at radius 3 is 2.05 bits per heavy atom. The van der Waals surface area contributed by atoms with Crippen LogP contribution in [0.3, 0.4) is 0 Å². The molecule has 110 valence electrons.